The molecule has 0 saturated heterocycles. The van der Waals surface area contributed by atoms with E-state index in [2.05, 4.69) is 20.7 Å². The number of nitrogens with zero attached hydrogens (tertiary/aromatic N) is 1. The molecule has 0 atom stereocenters. The van der Waals surface area contributed by atoms with E-state index in [-0.39, 0.29) is 25.0 Å². The van der Waals surface area contributed by atoms with E-state index in [1.165, 1.54) is 0 Å². The van der Waals surface area contributed by atoms with Crippen molar-refractivity contribution < 1.29 is 22.7 Å². The number of hydrogen-bond acceptors (Lipinski definition) is 2. The Morgan fingerprint density at radius 1 is 1.37 bits per heavy atom. The number of halogens is 4. The highest BCUT2D eigenvalue weighted by atomic mass is 79.9. The monoisotopic (exact) mass is 345 g/mol. The maximum absolute atomic E-state index is 12.0. The highest BCUT2D eigenvalue weighted by Crippen LogP contribution is 2.25. The number of carbonyl (C=O) groups excluding carboxylic acids is 1. The van der Waals surface area contributed by atoms with Gasteiger partial charge in [0.15, 0.2) is 0 Å². The summed E-state index contributed by atoms with van der Waals surface area (Å²) in [7, 11) is 0. The maximum Gasteiger partial charge on any atom is 0.411 e. The lowest BCUT2D eigenvalue weighted by atomic mass is 9.91. The molecule has 0 N–H and O–H groups in total. The molecule has 1 rings (SSSR count). The maximum atomic E-state index is 12.0. The summed E-state index contributed by atoms with van der Waals surface area (Å²) in [5.41, 5.74) is 0. The van der Waals surface area contributed by atoms with Crippen LogP contribution < -0.4 is 0 Å². The van der Waals surface area contributed by atoms with Gasteiger partial charge in [-0.25, -0.2) is 0 Å². The first-order chi connectivity index (χ1) is 8.94. The van der Waals surface area contributed by atoms with Crippen LogP contribution in [-0.4, -0.2) is 48.1 Å². The molecule has 0 aromatic heterocycles. The lowest BCUT2D eigenvalue weighted by molar-refractivity contribution is -0.175. The van der Waals surface area contributed by atoms with Crippen LogP contribution in [0.2, 0.25) is 0 Å². The molecular formula is C12H19BrF3NO2. The molecule has 1 saturated carbocycles. The van der Waals surface area contributed by atoms with Crippen molar-refractivity contribution in [3.63, 3.8) is 0 Å². The quantitative estimate of drug-likeness (QED) is 0.499. The van der Waals surface area contributed by atoms with Crippen molar-refractivity contribution in [1.82, 2.24) is 4.90 Å². The summed E-state index contributed by atoms with van der Waals surface area (Å²) in [6.45, 7) is -0.797. The fourth-order valence-electron chi connectivity index (χ4n) is 1.93. The third kappa shape index (κ3) is 6.61. The molecule has 0 unspecified atom stereocenters. The lowest BCUT2D eigenvalue weighted by Crippen LogP contribution is -2.45. The zero-order valence-electron chi connectivity index (χ0n) is 10.7. The van der Waals surface area contributed by atoms with Crippen LogP contribution in [0, 0.1) is 0 Å². The molecule has 1 aliphatic carbocycles. The predicted molar refractivity (Wildman–Crippen MR) is 69.3 cm³/mol. The Balaban J connectivity index is 2.27. The van der Waals surface area contributed by atoms with Crippen LogP contribution in [0.25, 0.3) is 0 Å². The van der Waals surface area contributed by atoms with Crippen molar-refractivity contribution in [2.45, 2.75) is 44.3 Å². The zero-order chi connectivity index (χ0) is 14.3. The molecule has 7 heteroatoms. The standard InChI is InChI=1S/C12H19BrF3NO2/c13-6-2-7-17(10-3-1-4-10)11(18)5-8-19-9-12(14,15)16/h10H,1-9H2. The van der Waals surface area contributed by atoms with Gasteiger partial charge in [-0.2, -0.15) is 13.2 Å². The van der Waals surface area contributed by atoms with Gasteiger partial charge in [-0.1, -0.05) is 15.9 Å². The van der Waals surface area contributed by atoms with E-state index in [4.69, 9.17) is 0 Å². The minimum Gasteiger partial charge on any atom is -0.372 e. The third-order valence-electron chi connectivity index (χ3n) is 3.09. The third-order valence-corrected chi connectivity index (χ3v) is 3.66. The first-order valence-electron chi connectivity index (χ1n) is 6.44. The lowest BCUT2D eigenvalue weighted by Gasteiger charge is -2.37. The van der Waals surface area contributed by atoms with Gasteiger partial charge >= 0.3 is 6.18 Å². The van der Waals surface area contributed by atoms with Crippen molar-refractivity contribution >= 4 is 21.8 Å². The molecule has 0 bridgehead atoms. The molecule has 1 amide bonds. The van der Waals surface area contributed by atoms with E-state index in [0.29, 0.717) is 6.54 Å². The molecule has 0 spiro atoms. The largest absolute Gasteiger partial charge is 0.411 e. The molecule has 19 heavy (non-hydrogen) atoms. The minimum atomic E-state index is -4.33. The van der Waals surface area contributed by atoms with E-state index in [9.17, 15) is 18.0 Å². The molecular weight excluding hydrogens is 327 g/mol. The summed E-state index contributed by atoms with van der Waals surface area (Å²) in [6.07, 6.45) is -0.338. The Morgan fingerprint density at radius 2 is 2.05 bits per heavy atom. The van der Waals surface area contributed by atoms with E-state index in [1.807, 2.05) is 0 Å². The van der Waals surface area contributed by atoms with E-state index < -0.39 is 12.8 Å². The van der Waals surface area contributed by atoms with Crippen LogP contribution in [0.1, 0.15) is 32.1 Å². The average Bonchev–Trinajstić information content (AvgIpc) is 2.25. The number of carbonyl (C=O) groups is 1. The van der Waals surface area contributed by atoms with Crippen LogP contribution >= 0.6 is 15.9 Å². The Kier molecular flexibility index (Phi) is 7.13. The molecule has 0 aromatic rings. The van der Waals surface area contributed by atoms with Gasteiger partial charge in [0.1, 0.15) is 6.61 Å². The van der Waals surface area contributed by atoms with Crippen molar-refractivity contribution in [3.05, 3.63) is 0 Å². The number of rotatable bonds is 8. The Bertz CT molecular complexity index is 283. The average molecular weight is 346 g/mol. The first-order valence-corrected chi connectivity index (χ1v) is 7.56. The molecule has 112 valence electrons. The summed E-state index contributed by atoms with van der Waals surface area (Å²) < 4.78 is 40.1. The number of ether oxygens (including phenoxy) is 1. The smallest absolute Gasteiger partial charge is 0.372 e. The molecule has 3 nitrogen and oxygen atoms in total. The summed E-state index contributed by atoms with van der Waals surface area (Å²) >= 11 is 3.31. The highest BCUT2D eigenvalue weighted by Gasteiger charge is 2.29. The second kappa shape index (κ2) is 8.09. The molecule has 0 radical (unpaired) electrons. The summed E-state index contributed by atoms with van der Waals surface area (Å²) in [6, 6.07) is 0.272. The fourth-order valence-corrected chi connectivity index (χ4v) is 2.18. The van der Waals surface area contributed by atoms with Gasteiger partial charge in [0.2, 0.25) is 5.91 Å². The molecule has 0 aliphatic heterocycles. The van der Waals surface area contributed by atoms with Gasteiger partial charge in [-0.3, -0.25) is 4.79 Å². The van der Waals surface area contributed by atoms with Crippen LogP contribution in [0.4, 0.5) is 13.2 Å². The number of hydrogen-bond donors (Lipinski definition) is 0. The van der Waals surface area contributed by atoms with Crippen molar-refractivity contribution in [1.29, 1.82) is 0 Å². The van der Waals surface area contributed by atoms with Crippen LogP contribution in [0.5, 0.6) is 0 Å². The molecule has 0 aromatic carbocycles. The van der Waals surface area contributed by atoms with Gasteiger partial charge in [-0.15, -0.1) is 0 Å². The minimum absolute atomic E-state index is 0.0227. The SMILES string of the molecule is O=C(CCOCC(F)(F)F)N(CCCBr)C1CCC1. The second-order valence-electron chi connectivity index (χ2n) is 4.63. The fraction of sp³-hybridized carbons (Fsp3) is 0.917. The summed E-state index contributed by atoms with van der Waals surface area (Å²) in [4.78, 5) is 13.8. The van der Waals surface area contributed by atoms with Crippen LogP contribution in [0.3, 0.4) is 0 Å². The van der Waals surface area contributed by atoms with Crippen molar-refractivity contribution in [2.75, 3.05) is 25.1 Å². The summed E-state index contributed by atoms with van der Waals surface area (Å²) in [5, 5.41) is 0.814. The van der Waals surface area contributed by atoms with Gasteiger partial charge < -0.3 is 9.64 Å². The van der Waals surface area contributed by atoms with Crippen LogP contribution in [-0.2, 0) is 9.53 Å². The van der Waals surface area contributed by atoms with Gasteiger partial charge in [-0.05, 0) is 25.7 Å². The molecule has 1 aliphatic rings. The number of alkyl halides is 4. The predicted octanol–water partition coefficient (Wildman–Crippen LogP) is 3.12. The Labute approximate surface area is 119 Å². The summed E-state index contributed by atoms with van der Waals surface area (Å²) in [5.74, 6) is -0.104. The van der Waals surface area contributed by atoms with Crippen LogP contribution in [0.15, 0.2) is 0 Å². The second-order valence-corrected chi connectivity index (χ2v) is 5.43. The van der Waals surface area contributed by atoms with Gasteiger partial charge in [0, 0.05) is 17.9 Å². The van der Waals surface area contributed by atoms with Crippen molar-refractivity contribution in [3.8, 4) is 0 Å². The van der Waals surface area contributed by atoms with Gasteiger partial charge in [0.25, 0.3) is 0 Å². The first kappa shape index (κ1) is 16.8. The van der Waals surface area contributed by atoms with Gasteiger partial charge in [0.05, 0.1) is 13.0 Å². The van der Waals surface area contributed by atoms with E-state index in [1.54, 1.807) is 4.90 Å². The Morgan fingerprint density at radius 3 is 2.53 bits per heavy atom. The zero-order valence-corrected chi connectivity index (χ0v) is 12.3. The highest BCUT2D eigenvalue weighted by molar-refractivity contribution is 9.09. The van der Waals surface area contributed by atoms with E-state index in [0.717, 1.165) is 31.0 Å². The Hall–Kier alpha value is -0.300. The molecule has 1 fully saturated rings. The number of amides is 1. The molecule has 0 heterocycles. The van der Waals surface area contributed by atoms with E-state index >= 15 is 0 Å². The van der Waals surface area contributed by atoms with Crippen molar-refractivity contribution in [2.24, 2.45) is 0 Å². The normalized spacial score (nSPS) is 16.2. The topological polar surface area (TPSA) is 29.5 Å².